The SMILES string of the molecule is C[C@@H]1CN(C(=O)[C@H]2CCCO2)[C@H](C)CN1C(=O)[C@@H]1CCCO1. The normalized spacial score (nSPS) is 35.9. The lowest BCUT2D eigenvalue weighted by molar-refractivity contribution is -0.155. The van der Waals surface area contributed by atoms with Crippen LogP contribution in [-0.2, 0) is 19.1 Å². The van der Waals surface area contributed by atoms with Gasteiger partial charge in [0.25, 0.3) is 11.8 Å². The first-order valence-corrected chi connectivity index (χ1v) is 8.42. The Morgan fingerprint density at radius 1 is 0.818 bits per heavy atom. The second-order valence-electron chi connectivity index (χ2n) is 6.68. The van der Waals surface area contributed by atoms with Gasteiger partial charge < -0.3 is 19.3 Å². The second-order valence-corrected chi connectivity index (χ2v) is 6.68. The van der Waals surface area contributed by atoms with Gasteiger partial charge in [-0.25, -0.2) is 0 Å². The number of carbonyl (C=O) groups is 2. The van der Waals surface area contributed by atoms with Gasteiger partial charge >= 0.3 is 0 Å². The molecule has 3 saturated heterocycles. The van der Waals surface area contributed by atoms with E-state index >= 15 is 0 Å². The fourth-order valence-corrected chi connectivity index (χ4v) is 3.66. The van der Waals surface area contributed by atoms with Crippen molar-refractivity contribution < 1.29 is 19.1 Å². The highest BCUT2D eigenvalue weighted by Crippen LogP contribution is 2.23. The molecular formula is C16H26N2O4. The quantitative estimate of drug-likeness (QED) is 0.757. The van der Waals surface area contributed by atoms with Crippen molar-refractivity contribution >= 4 is 11.8 Å². The van der Waals surface area contributed by atoms with Gasteiger partial charge in [-0.05, 0) is 39.5 Å². The predicted octanol–water partition coefficient (Wildman–Crippen LogP) is 0.792. The predicted molar refractivity (Wildman–Crippen MR) is 80.3 cm³/mol. The minimum atomic E-state index is -0.282. The van der Waals surface area contributed by atoms with Gasteiger partial charge in [0, 0.05) is 38.4 Å². The zero-order valence-corrected chi connectivity index (χ0v) is 13.5. The summed E-state index contributed by atoms with van der Waals surface area (Å²) in [5.41, 5.74) is 0. The van der Waals surface area contributed by atoms with Crippen LogP contribution >= 0.6 is 0 Å². The molecular weight excluding hydrogens is 284 g/mol. The molecule has 0 radical (unpaired) electrons. The van der Waals surface area contributed by atoms with Crippen LogP contribution < -0.4 is 0 Å². The average Bonchev–Trinajstić information content (AvgIpc) is 3.20. The van der Waals surface area contributed by atoms with Crippen molar-refractivity contribution in [3.8, 4) is 0 Å². The molecule has 0 aromatic rings. The lowest BCUT2D eigenvalue weighted by atomic mass is 10.0. The molecule has 124 valence electrons. The van der Waals surface area contributed by atoms with Crippen molar-refractivity contribution in [2.75, 3.05) is 26.3 Å². The van der Waals surface area contributed by atoms with E-state index in [1.165, 1.54) is 0 Å². The first-order chi connectivity index (χ1) is 10.6. The minimum Gasteiger partial charge on any atom is -0.368 e. The van der Waals surface area contributed by atoms with E-state index in [1.54, 1.807) is 0 Å². The van der Waals surface area contributed by atoms with Crippen LogP contribution in [0.5, 0.6) is 0 Å². The number of hydrogen-bond acceptors (Lipinski definition) is 4. The lowest BCUT2D eigenvalue weighted by Gasteiger charge is -2.45. The summed E-state index contributed by atoms with van der Waals surface area (Å²) in [6, 6.07) is 0.0523. The highest BCUT2D eigenvalue weighted by Gasteiger charge is 2.40. The van der Waals surface area contributed by atoms with Gasteiger partial charge in [-0.2, -0.15) is 0 Å². The fraction of sp³-hybridized carbons (Fsp3) is 0.875. The first-order valence-electron chi connectivity index (χ1n) is 8.42. The van der Waals surface area contributed by atoms with E-state index in [0.29, 0.717) is 26.3 Å². The first kappa shape index (κ1) is 15.7. The summed E-state index contributed by atoms with van der Waals surface area (Å²) in [4.78, 5) is 28.9. The second kappa shape index (κ2) is 6.54. The Morgan fingerprint density at radius 3 is 1.55 bits per heavy atom. The van der Waals surface area contributed by atoms with Crippen molar-refractivity contribution in [2.24, 2.45) is 0 Å². The third kappa shape index (κ3) is 2.99. The Labute approximate surface area is 131 Å². The maximum Gasteiger partial charge on any atom is 0.252 e. The lowest BCUT2D eigenvalue weighted by Crippen LogP contribution is -2.62. The van der Waals surface area contributed by atoms with Crippen LogP contribution in [0.15, 0.2) is 0 Å². The standard InChI is InChI=1S/C16H26N2O4/c1-11-9-18(16(20)14-6-4-8-22-14)12(2)10-17(11)15(19)13-5-3-7-21-13/h11-14H,3-10H2,1-2H3/t11-,12-,13-,14+/m1/s1. The van der Waals surface area contributed by atoms with Crippen LogP contribution in [0.2, 0.25) is 0 Å². The van der Waals surface area contributed by atoms with Crippen LogP contribution in [0.4, 0.5) is 0 Å². The van der Waals surface area contributed by atoms with E-state index in [-0.39, 0.29) is 36.1 Å². The highest BCUT2D eigenvalue weighted by molar-refractivity contribution is 5.84. The maximum absolute atomic E-state index is 12.6. The highest BCUT2D eigenvalue weighted by atomic mass is 16.5. The van der Waals surface area contributed by atoms with E-state index in [2.05, 4.69) is 0 Å². The summed E-state index contributed by atoms with van der Waals surface area (Å²) >= 11 is 0. The van der Waals surface area contributed by atoms with E-state index in [9.17, 15) is 9.59 Å². The summed E-state index contributed by atoms with van der Waals surface area (Å²) in [6.45, 7) is 6.54. The van der Waals surface area contributed by atoms with Gasteiger partial charge in [-0.15, -0.1) is 0 Å². The van der Waals surface area contributed by atoms with Crippen molar-refractivity contribution in [3.05, 3.63) is 0 Å². The smallest absolute Gasteiger partial charge is 0.252 e. The number of nitrogens with zero attached hydrogens (tertiary/aromatic N) is 2. The molecule has 6 nitrogen and oxygen atoms in total. The molecule has 22 heavy (non-hydrogen) atoms. The zero-order valence-electron chi connectivity index (χ0n) is 13.5. The summed E-state index contributed by atoms with van der Waals surface area (Å²) in [5, 5.41) is 0. The van der Waals surface area contributed by atoms with Crippen LogP contribution in [0, 0.1) is 0 Å². The van der Waals surface area contributed by atoms with Gasteiger partial charge in [0.1, 0.15) is 12.2 Å². The molecule has 0 unspecified atom stereocenters. The van der Waals surface area contributed by atoms with Gasteiger partial charge in [0.2, 0.25) is 0 Å². The molecule has 3 heterocycles. The third-order valence-electron chi connectivity index (χ3n) is 4.96. The molecule has 0 spiro atoms. The maximum atomic E-state index is 12.6. The van der Waals surface area contributed by atoms with Gasteiger partial charge in [-0.1, -0.05) is 0 Å². The van der Waals surface area contributed by atoms with Crippen LogP contribution in [0.25, 0.3) is 0 Å². The Kier molecular flexibility index (Phi) is 4.68. The molecule has 3 aliphatic rings. The number of ether oxygens (including phenoxy) is 2. The molecule has 3 aliphatic heterocycles. The molecule has 3 rings (SSSR count). The monoisotopic (exact) mass is 310 g/mol. The van der Waals surface area contributed by atoms with Crippen molar-refractivity contribution in [1.82, 2.24) is 9.80 Å². The molecule has 2 amide bonds. The molecule has 6 heteroatoms. The summed E-state index contributed by atoms with van der Waals surface area (Å²) < 4.78 is 11.0. The fourth-order valence-electron chi connectivity index (χ4n) is 3.66. The Balaban J connectivity index is 1.63. The van der Waals surface area contributed by atoms with Crippen LogP contribution in [0.3, 0.4) is 0 Å². The molecule has 0 N–H and O–H groups in total. The summed E-state index contributed by atoms with van der Waals surface area (Å²) in [5.74, 6) is 0.169. The molecule has 4 atom stereocenters. The van der Waals surface area contributed by atoms with Gasteiger partial charge in [0.05, 0.1) is 0 Å². The number of rotatable bonds is 2. The van der Waals surface area contributed by atoms with Crippen LogP contribution in [-0.4, -0.2) is 72.2 Å². The van der Waals surface area contributed by atoms with Crippen LogP contribution in [0.1, 0.15) is 39.5 Å². The van der Waals surface area contributed by atoms with Crippen molar-refractivity contribution in [1.29, 1.82) is 0 Å². The summed E-state index contributed by atoms with van der Waals surface area (Å²) in [6.07, 6.45) is 2.98. The third-order valence-corrected chi connectivity index (χ3v) is 4.96. The Hall–Kier alpha value is -1.14. The molecule has 0 aromatic carbocycles. The Morgan fingerprint density at radius 2 is 1.23 bits per heavy atom. The number of carbonyl (C=O) groups excluding carboxylic acids is 2. The van der Waals surface area contributed by atoms with Crippen molar-refractivity contribution in [3.63, 3.8) is 0 Å². The molecule has 3 fully saturated rings. The molecule has 0 bridgehead atoms. The number of amides is 2. The minimum absolute atomic E-state index is 0.0262. The number of piperazine rings is 1. The molecule has 0 aromatic heterocycles. The largest absolute Gasteiger partial charge is 0.368 e. The number of hydrogen-bond donors (Lipinski definition) is 0. The van der Waals surface area contributed by atoms with Gasteiger partial charge in [-0.3, -0.25) is 9.59 Å². The van der Waals surface area contributed by atoms with E-state index in [4.69, 9.17) is 9.47 Å². The molecule has 0 saturated carbocycles. The molecule has 0 aliphatic carbocycles. The van der Waals surface area contributed by atoms with E-state index in [1.807, 2.05) is 23.6 Å². The van der Waals surface area contributed by atoms with Crippen molar-refractivity contribution in [2.45, 2.75) is 63.8 Å². The van der Waals surface area contributed by atoms with E-state index < -0.39 is 0 Å². The average molecular weight is 310 g/mol. The summed E-state index contributed by atoms with van der Waals surface area (Å²) in [7, 11) is 0. The van der Waals surface area contributed by atoms with E-state index in [0.717, 1.165) is 25.7 Å². The zero-order chi connectivity index (χ0) is 15.7. The topological polar surface area (TPSA) is 59.1 Å². The van der Waals surface area contributed by atoms with Gasteiger partial charge in [0.15, 0.2) is 0 Å². The Bertz CT molecular complexity index is 390.